The highest BCUT2D eigenvalue weighted by Crippen LogP contribution is 2.40. The third kappa shape index (κ3) is 4.58. The number of sulfone groups is 1. The third-order valence-corrected chi connectivity index (χ3v) is 8.01. The van der Waals surface area contributed by atoms with E-state index in [4.69, 9.17) is 16.6 Å². The molecule has 9 heteroatoms. The Balaban J connectivity index is 1.55. The number of hydrogen-bond donors (Lipinski definition) is 0. The molecular formula is C28H24ClN5O2S. The van der Waals surface area contributed by atoms with Crippen LogP contribution in [0.15, 0.2) is 84.0 Å². The number of hydrogen-bond acceptors (Lipinski definition) is 5. The van der Waals surface area contributed by atoms with Gasteiger partial charge in [-0.3, -0.25) is 0 Å². The van der Waals surface area contributed by atoms with Crippen molar-refractivity contribution < 1.29 is 8.42 Å². The number of rotatable bonds is 6. The molecular weight excluding hydrogens is 506 g/mol. The first-order chi connectivity index (χ1) is 17.8. The summed E-state index contributed by atoms with van der Waals surface area (Å²) in [5, 5.41) is 9.32. The van der Waals surface area contributed by atoms with Gasteiger partial charge in [-0.25, -0.2) is 18.1 Å². The van der Waals surface area contributed by atoms with E-state index in [0.29, 0.717) is 10.9 Å². The van der Waals surface area contributed by atoms with Crippen molar-refractivity contribution in [2.75, 3.05) is 6.26 Å². The van der Waals surface area contributed by atoms with Crippen molar-refractivity contribution in [3.8, 4) is 33.8 Å². The second kappa shape index (κ2) is 8.97. The molecule has 0 N–H and O–H groups in total. The minimum Gasteiger partial charge on any atom is -0.301 e. The SMILES string of the molecule is Cc1nc(C2CC2)cn1-c1ccc(-c2cccc(S(C)(=O)=O)c2)cc1-n1nncc1-c1ccc(Cl)cc1. The Bertz CT molecular complexity index is 1730. The fraction of sp³-hybridized carbons (Fsp3) is 0.179. The van der Waals surface area contributed by atoms with Gasteiger partial charge in [-0.1, -0.05) is 47.1 Å². The van der Waals surface area contributed by atoms with E-state index in [9.17, 15) is 8.42 Å². The predicted molar refractivity (Wildman–Crippen MR) is 144 cm³/mol. The number of aryl methyl sites for hydroxylation is 1. The molecule has 0 aliphatic heterocycles. The molecule has 0 spiro atoms. The zero-order valence-electron chi connectivity index (χ0n) is 20.3. The first-order valence-corrected chi connectivity index (χ1v) is 14.2. The Morgan fingerprint density at radius 1 is 0.919 bits per heavy atom. The van der Waals surface area contributed by atoms with Crippen molar-refractivity contribution in [3.05, 3.63) is 95.7 Å². The van der Waals surface area contributed by atoms with Crippen LogP contribution < -0.4 is 0 Å². The summed E-state index contributed by atoms with van der Waals surface area (Å²) in [6, 6.07) is 20.6. The van der Waals surface area contributed by atoms with E-state index in [1.165, 1.54) is 19.1 Å². The van der Waals surface area contributed by atoms with E-state index in [1.54, 1.807) is 29.1 Å². The summed E-state index contributed by atoms with van der Waals surface area (Å²) >= 11 is 6.13. The number of nitrogens with zero attached hydrogens (tertiary/aromatic N) is 5. The first-order valence-electron chi connectivity index (χ1n) is 12.0. The third-order valence-electron chi connectivity index (χ3n) is 6.64. The van der Waals surface area contributed by atoms with Crippen LogP contribution in [-0.2, 0) is 9.84 Å². The molecule has 0 atom stereocenters. The van der Waals surface area contributed by atoms with Crippen LogP contribution >= 0.6 is 11.6 Å². The molecule has 1 saturated carbocycles. The lowest BCUT2D eigenvalue weighted by Gasteiger charge is -2.16. The van der Waals surface area contributed by atoms with Gasteiger partial charge in [0.15, 0.2) is 9.84 Å². The Kier molecular flexibility index (Phi) is 5.73. The van der Waals surface area contributed by atoms with Crippen LogP contribution in [0.25, 0.3) is 33.8 Å². The van der Waals surface area contributed by atoms with Gasteiger partial charge in [0.1, 0.15) is 5.82 Å². The largest absolute Gasteiger partial charge is 0.301 e. The molecule has 37 heavy (non-hydrogen) atoms. The lowest BCUT2D eigenvalue weighted by Crippen LogP contribution is -2.07. The molecule has 0 unspecified atom stereocenters. The highest BCUT2D eigenvalue weighted by atomic mass is 35.5. The summed E-state index contributed by atoms with van der Waals surface area (Å²) in [4.78, 5) is 5.09. The normalized spacial score (nSPS) is 13.7. The Morgan fingerprint density at radius 3 is 2.38 bits per heavy atom. The summed E-state index contributed by atoms with van der Waals surface area (Å²) in [6.45, 7) is 2.00. The van der Waals surface area contributed by atoms with E-state index in [-0.39, 0.29) is 4.90 Å². The van der Waals surface area contributed by atoms with Crippen LogP contribution in [0.5, 0.6) is 0 Å². The summed E-state index contributed by atoms with van der Waals surface area (Å²) in [5.41, 5.74) is 6.19. The van der Waals surface area contributed by atoms with E-state index < -0.39 is 9.84 Å². The summed E-state index contributed by atoms with van der Waals surface area (Å²) in [5.74, 6) is 1.42. The van der Waals surface area contributed by atoms with Crippen LogP contribution in [0, 0.1) is 6.92 Å². The van der Waals surface area contributed by atoms with Gasteiger partial charge >= 0.3 is 0 Å². The van der Waals surface area contributed by atoms with Gasteiger partial charge in [0.05, 0.1) is 33.9 Å². The van der Waals surface area contributed by atoms with E-state index in [2.05, 4.69) is 21.1 Å². The second-order valence-corrected chi connectivity index (χ2v) is 11.9. The minimum atomic E-state index is -3.34. The topological polar surface area (TPSA) is 82.7 Å². The highest BCUT2D eigenvalue weighted by molar-refractivity contribution is 7.90. The van der Waals surface area contributed by atoms with Crippen molar-refractivity contribution in [1.29, 1.82) is 0 Å². The molecule has 3 aromatic carbocycles. The van der Waals surface area contributed by atoms with Gasteiger partial charge in [0.25, 0.3) is 0 Å². The lowest BCUT2D eigenvalue weighted by molar-refractivity contribution is 0.602. The lowest BCUT2D eigenvalue weighted by atomic mass is 10.0. The fourth-order valence-electron chi connectivity index (χ4n) is 4.53. The average Bonchev–Trinajstić information content (AvgIpc) is 3.50. The average molecular weight is 530 g/mol. The molecule has 0 amide bonds. The van der Waals surface area contributed by atoms with Crippen LogP contribution in [0.4, 0.5) is 0 Å². The molecule has 2 heterocycles. The van der Waals surface area contributed by atoms with Crippen molar-refractivity contribution in [1.82, 2.24) is 24.5 Å². The predicted octanol–water partition coefficient (Wildman–Crippen LogP) is 6.03. The van der Waals surface area contributed by atoms with Gasteiger partial charge in [-0.15, -0.1) is 5.10 Å². The minimum absolute atomic E-state index is 0.276. The van der Waals surface area contributed by atoms with Gasteiger partial charge in [0.2, 0.25) is 0 Å². The fourth-order valence-corrected chi connectivity index (χ4v) is 5.32. The highest BCUT2D eigenvalue weighted by Gasteiger charge is 2.27. The van der Waals surface area contributed by atoms with Crippen molar-refractivity contribution in [2.24, 2.45) is 0 Å². The van der Waals surface area contributed by atoms with Crippen LogP contribution in [0.1, 0.15) is 30.3 Å². The summed E-state index contributed by atoms with van der Waals surface area (Å²) in [6.07, 6.45) is 7.38. The van der Waals surface area contributed by atoms with Gasteiger partial charge in [-0.2, -0.15) is 0 Å². The quantitative estimate of drug-likeness (QED) is 0.268. The molecule has 0 bridgehead atoms. The van der Waals surface area contributed by atoms with Crippen molar-refractivity contribution in [3.63, 3.8) is 0 Å². The molecule has 0 radical (unpaired) electrons. The first kappa shape index (κ1) is 23.6. The molecule has 1 aliphatic carbocycles. The molecule has 6 rings (SSSR count). The molecule has 7 nitrogen and oxygen atoms in total. The van der Waals surface area contributed by atoms with Crippen molar-refractivity contribution >= 4 is 21.4 Å². The van der Waals surface area contributed by atoms with E-state index in [0.717, 1.165) is 45.3 Å². The zero-order valence-corrected chi connectivity index (χ0v) is 21.9. The Hall–Kier alpha value is -3.75. The van der Waals surface area contributed by atoms with Crippen LogP contribution in [-0.4, -0.2) is 39.2 Å². The summed E-state index contributed by atoms with van der Waals surface area (Å²) in [7, 11) is -3.34. The maximum atomic E-state index is 12.2. The molecule has 1 fully saturated rings. The van der Waals surface area contributed by atoms with E-state index in [1.807, 2.05) is 55.5 Å². The van der Waals surface area contributed by atoms with Crippen molar-refractivity contribution in [2.45, 2.75) is 30.6 Å². The molecule has 2 aromatic heterocycles. The maximum absolute atomic E-state index is 12.2. The number of imidazole rings is 1. The second-order valence-electron chi connectivity index (χ2n) is 9.40. The van der Waals surface area contributed by atoms with Gasteiger partial charge in [-0.05, 0) is 67.3 Å². The van der Waals surface area contributed by atoms with Crippen LogP contribution in [0.3, 0.4) is 0 Å². The number of benzene rings is 3. The van der Waals surface area contributed by atoms with Gasteiger partial charge < -0.3 is 4.57 Å². The standard InChI is InChI=1S/C28H24ClN5O2S/c1-18-31-25(19-6-7-19)17-33(18)26-13-10-22(21-4-3-5-24(14-21)37(2,35)36)15-27(26)34-28(16-30-32-34)20-8-11-23(29)12-9-20/h3-5,8-17,19H,6-7H2,1-2H3. The summed E-state index contributed by atoms with van der Waals surface area (Å²) < 4.78 is 28.3. The van der Waals surface area contributed by atoms with E-state index >= 15 is 0 Å². The monoisotopic (exact) mass is 529 g/mol. The van der Waals surface area contributed by atoms with Crippen LogP contribution in [0.2, 0.25) is 5.02 Å². The Labute approximate surface area is 220 Å². The Morgan fingerprint density at radius 2 is 1.65 bits per heavy atom. The maximum Gasteiger partial charge on any atom is 0.175 e. The number of halogens is 1. The molecule has 1 aliphatic rings. The molecule has 5 aromatic rings. The zero-order chi connectivity index (χ0) is 25.7. The number of aromatic nitrogens is 5. The molecule has 0 saturated heterocycles. The van der Waals surface area contributed by atoms with Gasteiger partial charge in [0, 0.05) is 29.0 Å². The smallest absolute Gasteiger partial charge is 0.175 e. The molecule has 186 valence electrons.